The van der Waals surface area contributed by atoms with E-state index < -0.39 is 0 Å². The van der Waals surface area contributed by atoms with Gasteiger partial charge in [-0.1, -0.05) is 0 Å². The molecular formula is C18H21N3O4. The van der Waals surface area contributed by atoms with Crippen molar-refractivity contribution in [1.82, 2.24) is 0 Å². The maximum atomic E-state index is 12.0. The van der Waals surface area contributed by atoms with Crippen molar-refractivity contribution in [1.29, 1.82) is 0 Å². The van der Waals surface area contributed by atoms with Crippen molar-refractivity contribution in [2.24, 2.45) is 10.9 Å². The minimum Gasteiger partial charge on any atom is -0.494 e. The van der Waals surface area contributed by atoms with E-state index in [2.05, 4.69) is 10.4 Å². The van der Waals surface area contributed by atoms with Gasteiger partial charge < -0.3 is 25.4 Å². The molecule has 0 unspecified atom stereocenters. The van der Waals surface area contributed by atoms with E-state index in [1.165, 1.54) is 13.3 Å². The summed E-state index contributed by atoms with van der Waals surface area (Å²) in [7, 11) is 1.52. The molecule has 0 atom stereocenters. The molecule has 2 rings (SSSR count). The minimum absolute atomic E-state index is 0.145. The number of nitrogens with two attached hydrogens (primary N) is 1. The first-order valence-corrected chi connectivity index (χ1v) is 7.73. The largest absolute Gasteiger partial charge is 0.494 e. The zero-order valence-electron chi connectivity index (χ0n) is 14.2. The maximum absolute atomic E-state index is 12.0. The first kappa shape index (κ1) is 18.1. The molecule has 0 saturated heterocycles. The highest BCUT2D eigenvalue weighted by Crippen LogP contribution is 2.27. The number of methoxy groups -OCH3 is 1. The van der Waals surface area contributed by atoms with E-state index in [-0.39, 0.29) is 12.5 Å². The predicted molar refractivity (Wildman–Crippen MR) is 96.5 cm³/mol. The Morgan fingerprint density at radius 1 is 1.16 bits per heavy atom. The Morgan fingerprint density at radius 3 is 2.56 bits per heavy atom. The Kier molecular flexibility index (Phi) is 6.65. The molecule has 0 radical (unpaired) electrons. The number of nitrogens with zero attached hydrogens (tertiary/aromatic N) is 1. The summed E-state index contributed by atoms with van der Waals surface area (Å²) in [5.74, 6) is 6.55. The average molecular weight is 343 g/mol. The predicted octanol–water partition coefficient (Wildman–Crippen LogP) is 2.40. The van der Waals surface area contributed by atoms with Gasteiger partial charge in [0.25, 0.3) is 5.91 Å². The summed E-state index contributed by atoms with van der Waals surface area (Å²) in [6.07, 6.45) is 1.49. The second-order valence-corrected chi connectivity index (χ2v) is 4.98. The minimum atomic E-state index is -0.279. The molecule has 0 saturated carbocycles. The quantitative estimate of drug-likeness (QED) is 0.436. The highest BCUT2D eigenvalue weighted by molar-refractivity contribution is 5.92. The van der Waals surface area contributed by atoms with Gasteiger partial charge in [-0.25, -0.2) is 0 Å². The van der Waals surface area contributed by atoms with E-state index in [1.54, 1.807) is 42.5 Å². The molecule has 0 heterocycles. The standard InChI is InChI=1S/C18H21N3O4/c1-3-24-15-7-5-14(6-8-15)21-18(22)12-25-16-9-4-13(11-20-19)10-17(16)23-2/h4-11H,3,12,19H2,1-2H3,(H,21,22). The maximum Gasteiger partial charge on any atom is 0.262 e. The number of carbonyl (C=O) groups excluding carboxylic acids is 1. The Bertz CT molecular complexity index is 730. The Labute approximate surface area is 146 Å². The number of benzene rings is 2. The van der Waals surface area contributed by atoms with Crippen LogP contribution in [0.25, 0.3) is 0 Å². The normalized spacial score (nSPS) is 10.5. The molecule has 7 nitrogen and oxygen atoms in total. The molecule has 0 fully saturated rings. The third kappa shape index (κ3) is 5.42. The van der Waals surface area contributed by atoms with E-state index in [9.17, 15) is 4.79 Å². The van der Waals surface area contributed by atoms with Crippen LogP contribution in [0.15, 0.2) is 47.6 Å². The summed E-state index contributed by atoms with van der Waals surface area (Å²) < 4.78 is 16.1. The van der Waals surface area contributed by atoms with Crippen LogP contribution in [0.4, 0.5) is 5.69 Å². The number of anilines is 1. The zero-order valence-corrected chi connectivity index (χ0v) is 14.2. The molecule has 0 bridgehead atoms. The number of hydrazone groups is 1. The fourth-order valence-electron chi connectivity index (χ4n) is 2.11. The molecule has 3 N–H and O–H groups in total. The Balaban J connectivity index is 1.93. The molecule has 2 aromatic rings. The van der Waals surface area contributed by atoms with Crippen LogP contribution in [0.5, 0.6) is 17.2 Å². The lowest BCUT2D eigenvalue weighted by Crippen LogP contribution is -2.20. The SMILES string of the molecule is CCOc1ccc(NC(=O)COc2ccc(C=NN)cc2OC)cc1. The molecule has 0 aliphatic heterocycles. The summed E-state index contributed by atoms with van der Waals surface area (Å²) >= 11 is 0. The van der Waals surface area contributed by atoms with Crippen molar-refractivity contribution in [2.75, 3.05) is 25.6 Å². The second-order valence-electron chi connectivity index (χ2n) is 4.98. The van der Waals surface area contributed by atoms with Crippen LogP contribution in [0.2, 0.25) is 0 Å². The van der Waals surface area contributed by atoms with Gasteiger partial charge in [0.15, 0.2) is 18.1 Å². The van der Waals surface area contributed by atoms with Crippen LogP contribution in [-0.2, 0) is 4.79 Å². The molecular weight excluding hydrogens is 322 g/mol. The molecule has 25 heavy (non-hydrogen) atoms. The second kappa shape index (κ2) is 9.17. The molecule has 2 aromatic carbocycles. The lowest BCUT2D eigenvalue weighted by atomic mass is 10.2. The summed E-state index contributed by atoms with van der Waals surface area (Å²) in [5, 5.41) is 6.21. The van der Waals surface area contributed by atoms with E-state index >= 15 is 0 Å². The van der Waals surface area contributed by atoms with Gasteiger partial charge in [0.1, 0.15) is 5.75 Å². The lowest BCUT2D eigenvalue weighted by Gasteiger charge is -2.11. The monoisotopic (exact) mass is 343 g/mol. The number of nitrogens with one attached hydrogen (secondary N) is 1. The van der Waals surface area contributed by atoms with Gasteiger partial charge in [-0.2, -0.15) is 5.10 Å². The number of hydrogen-bond acceptors (Lipinski definition) is 6. The number of hydrogen-bond donors (Lipinski definition) is 2. The smallest absolute Gasteiger partial charge is 0.262 e. The number of amides is 1. The van der Waals surface area contributed by atoms with Crippen molar-refractivity contribution in [2.45, 2.75) is 6.92 Å². The van der Waals surface area contributed by atoms with Crippen LogP contribution < -0.4 is 25.4 Å². The Hall–Kier alpha value is -3.22. The highest BCUT2D eigenvalue weighted by Gasteiger charge is 2.09. The van der Waals surface area contributed by atoms with Gasteiger partial charge in [-0.15, -0.1) is 0 Å². The van der Waals surface area contributed by atoms with Crippen LogP contribution in [-0.4, -0.2) is 32.4 Å². The molecule has 1 amide bonds. The molecule has 7 heteroatoms. The van der Waals surface area contributed by atoms with Crippen molar-refractivity contribution >= 4 is 17.8 Å². The third-order valence-electron chi connectivity index (χ3n) is 3.22. The molecule has 0 spiro atoms. The van der Waals surface area contributed by atoms with E-state index in [1.807, 2.05) is 6.92 Å². The summed E-state index contributed by atoms with van der Waals surface area (Å²) in [5.41, 5.74) is 1.43. The van der Waals surface area contributed by atoms with Crippen molar-refractivity contribution in [3.63, 3.8) is 0 Å². The van der Waals surface area contributed by atoms with E-state index in [4.69, 9.17) is 20.1 Å². The first-order valence-electron chi connectivity index (χ1n) is 7.73. The fraction of sp³-hybridized carbons (Fsp3) is 0.222. The van der Waals surface area contributed by atoms with Gasteiger partial charge >= 0.3 is 0 Å². The van der Waals surface area contributed by atoms with Gasteiger partial charge in [0.2, 0.25) is 0 Å². The van der Waals surface area contributed by atoms with Crippen molar-refractivity contribution < 1.29 is 19.0 Å². The fourth-order valence-corrected chi connectivity index (χ4v) is 2.11. The first-order chi connectivity index (χ1) is 12.2. The van der Waals surface area contributed by atoms with Crippen LogP contribution in [0.1, 0.15) is 12.5 Å². The van der Waals surface area contributed by atoms with Gasteiger partial charge in [0, 0.05) is 5.69 Å². The van der Waals surface area contributed by atoms with E-state index in [0.717, 1.165) is 11.3 Å². The topological polar surface area (TPSA) is 95.2 Å². The van der Waals surface area contributed by atoms with Crippen LogP contribution >= 0.6 is 0 Å². The lowest BCUT2D eigenvalue weighted by molar-refractivity contribution is -0.118. The average Bonchev–Trinajstić information content (AvgIpc) is 2.62. The third-order valence-corrected chi connectivity index (χ3v) is 3.22. The zero-order chi connectivity index (χ0) is 18.1. The number of ether oxygens (including phenoxy) is 3. The van der Waals surface area contributed by atoms with Crippen molar-refractivity contribution in [3.8, 4) is 17.2 Å². The summed E-state index contributed by atoms with van der Waals surface area (Å²) in [6, 6.07) is 12.3. The molecule has 0 aliphatic carbocycles. The van der Waals surface area contributed by atoms with Crippen LogP contribution in [0.3, 0.4) is 0 Å². The molecule has 0 aliphatic rings. The summed E-state index contributed by atoms with van der Waals surface area (Å²) in [4.78, 5) is 12.0. The molecule has 132 valence electrons. The highest BCUT2D eigenvalue weighted by atomic mass is 16.5. The van der Waals surface area contributed by atoms with E-state index in [0.29, 0.717) is 23.8 Å². The van der Waals surface area contributed by atoms with Gasteiger partial charge in [0.05, 0.1) is 19.9 Å². The van der Waals surface area contributed by atoms with Gasteiger partial charge in [-0.05, 0) is 55.0 Å². The number of carbonyl (C=O) groups is 1. The molecule has 0 aromatic heterocycles. The van der Waals surface area contributed by atoms with Crippen LogP contribution in [0, 0.1) is 0 Å². The van der Waals surface area contributed by atoms with Crippen molar-refractivity contribution in [3.05, 3.63) is 48.0 Å². The van der Waals surface area contributed by atoms with Gasteiger partial charge in [-0.3, -0.25) is 4.79 Å². The number of rotatable bonds is 8. The Morgan fingerprint density at radius 2 is 1.92 bits per heavy atom. The summed E-state index contributed by atoms with van der Waals surface area (Å²) in [6.45, 7) is 2.36.